The maximum atomic E-state index is 11.9. The summed E-state index contributed by atoms with van der Waals surface area (Å²) in [5.41, 5.74) is 1.17. The summed E-state index contributed by atoms with van der Waals surface area (Å²) in [6, 6.07) is 17.6. The molecular weight excluding hydrogens is 278 g/mol. The molecule has 0 unspecified atom stereocenters. The summed E-state index contributed by atoms with van der Waals surface area (Å²) >= 11 is 0. The molecule has 0 aromatic heterocycles. The molecule has 22 heavy (non-hydrogen) atoms. The van der Waals surface area contributed by atoms with Gasteiger partial charge in [0.25, 0.3) is 0 Å². The molecule has 1 aliphatic heterocycles. The number of para-hydroxylation sites is 2. The fraction of sp³-hybridized carbons (Fsp3) is 0.278. The van der Waals surface area contributed by atoms with Crippen molar-refractivity contribution in [2.45, 2.75) is 18.9 Å². The van der Waals surface area contributed by atoms with Gasteiger partial charge in [-0.1, -0.05) is 42.5 Å². The number of nitrogens with one attached hydrogen (secondary N) is 1. The minimum atomic E-state index is -0.143. The lowest BCUT2D eigenvalue weighted by Crippen LogP contribution is -2.40. The number of fused-ring (bicyclic) bond motifs is 1. The standard InChI is InChI=1S/C18H19NO3/c20-18(11-10-14-6-2-1-3-7-14)19-12-15-13-21-16-8-4-5-9-17(16)22-15/h1-9,15H,10-13H2,(H,19,20)/t15-/m0/s1. The number of carbonyl (C=O) groups excluding carboxylic acids is 1. The molecular formula is C18H19NO3. The van der Waals surface area contributed by atoms with Crippen molar-refractivity contribution in [3.63, 3.8) is 0 Å². The van der Waals surface area contributed by atoms with Gasteiger partial charge in [0.15, 0.2) is 11.5 Å². The summed E-state index contributed by atoms with van der Waals surface area (Å²) in [6.45, 7) is 0.915. The van der Waals surface area contributed by atoms with Gasteiger partial charge < -0.3 is 14.8 Å². The minimum absolute atomic E-state index is 0.0336. The van der Waals surface area contributed by atoms with E-state index in [0.717, 1.165) is 17.9 Å². The van der Waals surface area contributed by atoms with E-state index in [2.05, 4.69) is 5.32 Å². The smallest absolute Gasteiger partial charge is 0.220 e. The van der Waals surface area contributed by atoms with Crippen LogP contribution in [0.3, 0.4) is 0 Å². The average Bonchev–Trinajstić information content (AvgIpc) is 2.59. The SMILES string of the molecule is O=C(CCc1ccccc1)NC[C@H]1COc2ccccc2O1. The number of aryl methyl sites for hydroxylation is 1. The second kappa shape index (κ2) is 6.98. The van der Waals surface area contributed by atoms with E-state index in [9.17, 15) is 4.79 Å². The molecule has 1 amide bonds. The molecule has 1 N–H and O–H groups in total. The Morgan fingerprint density at radius 3 is 2.59 bits per heavy atom. The quantitative estimate of drug-likeness (QED) is 0.922. The first-order valence-electron chi connectivity index (χ1n) is 7.50. The van der Waals surface area contributed by atoms with Crippen molar-refractivity contribution >= 4 is 5.91 Å². The van der Waals surface area contributed by atoms with E-state index in [0.29, 0.717) is 19.6 Å². The average molecular weight is 297 g/mol. The van der Waals surface area contributed by atoms with E-state index in [1.165, 1.54) is 5.56 Å². The van der Waals surface area contributed by atoms with Gasteiger partial charge in [0.2, 0.25) is 5.91 Å². The van der Waals surface area contributed by atoms with Gasteiger partial charge in [-0.25, -0.2) is 0 Å². The monoisotopic (exact) mass is 297 g/mol. The second-order valence-electron chi connectivity index (χ2n) is 5.29. The fourth-order valence-corrected chi connectivity index (χ4v) is 2.38. The molecule has 4 heteroatoms. The zero-order valence-electron chi connectivity index (χ0n) is 12.3. The minimum Gasteiger partial charge on any atom is -0.486 e. The maximum absolute atomic E-state index is 11.9. The van der Waals surface area contributed by atoms with E-state index in [-0.39, 0.29) is 12.0 Å². The summed E-state index contributed by atoms with van der Waals surface area (Å²) < 4.78 is 11.4. The molecule has 0 saturated carbocycles. The van der Waals surface area contributed by atoms with Crippen LogP contribution in [0.25, 0.3) is 0 Å². The molecule has 114 valence electrons. The van der Waals surface area contributed by atoms with Crippen LogP contribution in [-0.2, 0) is 11.2 Å². The van der Waals surface area contributed by atoms with Crippen LogP contribution in [0.4, 0.5) is 0 Å². The lowest BCUT2D eigenvalue weighted by atomic mass is 10.1. The Hall–Kier alpha value is -2.49. The van der Waals surface area contributed by atoms with Crippen LogP contribution in [0.15, 0.2) is 54.6 Å². The molecule has 0 fully saturated rings. The van der Waals surface area contributed by atoms with Crippen molar-refractivity contribution in [2.24, 2.45) is 0 Å². The van der Waals surface area contributed by atoms with Crippen LogP contribution in [0, 0.1) is 0 Å². The molecule has 0 radical (unpaired) electrons. The van der Waals surface area contributed by atoms with Crippen LogP contribution in [0.5, 0.6) is 11.5 Å². The number of hydrogen-bond acceptors (Lipinski definition) is 3. The van der Waals surface area contributed by atoms with E-state index >= 15 is 0 Å². The third kappa shape index (κ3) is 3.79. The third-order valence-electron chi connectivity index (χ3n) is 3.58. The molecule has 0 spiro atoms. The third-order valence-corrected chi connectivity index (χ3v) is 3.58. The summed E-state index contributed by atoms with van der Waals surface area (Å²) in [5, 5.41) is 2.91. The number of rotatable bonds is 5. The van der Waals surface area contributed by atoms with Crippen molar-refractivity contribution in [1.29, 1.82) is 0 Å². The van der Waals surface area contributed by atoms with Crippen molar-refractivity contribution in [1.82, 2.24) is 5.32 Å². The molecule has 2 aromatic carbocycles. The Balaban J connectivity index is 1.42. The lowest BCUT2D eigenvalue weighted by Gasteiger charge is -2.26. The van der Waals surface area contributed by atoms with Crippen molar-refractivity contribution in [3.05, 3.63) is 60.2 Å². The zero-order valence-corrected chi connectivity index (χ0v) is 12.3. The highest BCUT2D eigenvalue weighted by Gasteiger charge is 2.20. The summed E-state index contributed by atoms with van der Waals surface area (Å²) in [4.78, 5) is 11.9. The summed E-state index contributed by atoms with van der Waals surface area (Å²) in [7, 11) is 0. The van der Waals surface area contributed by atoms with Gasteiger partial charge >= 0.3 is 0 Å². The number of carbonyl (C=O) groups is 1. The largest absolute Gasteiger partial charge is 0.486 e. The topological polar surface area (TPSA) is 47.6 Å². The highest BCUT2D eigenvalue weighted by Crippen LogP contribution is 2.30. The number of hydrogen-bond donors (Lipinski definition) is 1. The molecule has 2 aromatic rings. The van der Waals surface area contributed by atoms with E-state index < -0.39 is 0 Å². The Kier molecular flexibility index (Phi) is 4.59. The van der Waals surface area contributed by atoms with E-state index in [1.807, 2.05) is 54.6 Å². The second-order valence-corrected chi connectivity index (χ2v) is 5.29. The Bertz CT molecular complexity index is 627. The summed E-state index contributed by atoms with van der Waals surface area (Å²) in [5.74, 6) is 1.53. The van der Waals surface area contributed by atoms with Crippen LogP contribution < -0.4 is 14.8 Å². The fourth-order valence-electron chi connectivity index (χ4n) is 2.38. The molecule has 4 nitrogen and oxygen atoms in total. The van der Waals surface area contributed by atoms with E-state index in [4.69, 9.17) is 9.47 Å². The molecule has 1 atom stereocenters. The highest BCUT2D eigenvalue weighted by atomic mass is 16.6. The van der Waals surface area contributed by atoms with Gasteiger partial charge in [0.1, 0.15) is 12.7 Å². The summed E-state index contributed by atoms with van der Waals surface area (Å²) in [6.07, 6.45) is 1.08. The predicted molar refractivity (Wildman–Crippen MR) is 84.1 cm³/mol. The van der Waals surface area contributed by atoms with Gasteiger partial charge in [0.05, 0.1) is 6.54 Å². The zero-order chi connectivity index (χ0) is 15.2. The van der Waals surface area contributed by atoms with Crippen LogP contribution in [0.2, 0.25) is 0 Å². The lowest BCUT2D eigenvalue weighted by molar-refractivity contribution is -0.121. The van der Waals surface area contributed by atoms with Crippen LogP contribution in [0.1, 0.15) is 12.0 Å². The van der Waals surface area contributed by atoms with Crippen molar-refractivity contribution < 1.29 is 14.3 Å². The molecule has 0 bridgehead atoms. The van der Waals surface area contributed by atoms with Gasteiger partial charge in [-0.3, -0.25) is 4.79 Å². The van der Waals surface area contributed by atoms with Crippen molar-refractivity contribution in [3.8, 4) is 11.5 Å². The van der Waals surface area contributed by atoms with Crippen LogP contribution >= 0.6 is 0 Å². The first-order valence-corrected chi connectivity index (χ1v) is 7.50. The highest BCUT2D eigenvalue weighted by molar-refractivity contribution is 5.76. The van der Waals surface area contributed by atoms with Gasteiger partial charge in [0, 0.05) is 6.42 Å². The van der Waals surface area contributed by atoms with Crippen LogP contribution in [-0.4, -0.2) is 25.2 Å². The Labute approximate surface area is 130 Å². The molecule has 3 rings (SSSR count). The molecule has 1 aliphatic rings. The van der Waals surface area contributed by atoms with Gasteiger partial charge in [-0.05, 0) is 24.1 Å². The predicted octanol–water partition coefficient (Wildman–Crippen LogP) is 2.58. The Morgan fingerprint density at radius 1 is 1.05 bits per heavy atom. The first-order chi connectivity index (χ1) is 10.8. The van der Waals surface area contributed by atoms with Gasteiger partial charge in [-0.2, -0.15) is 0 Å². The normalized spacial score (nSPS) is 16.1. The molecule has 1 heterocycles. The molecule has 0 saturated heterocycles. The number of ether oxygens (including phenoxy) is 2. The number of benzene rings is 2. The van der Waals surface area contributed by atoms with Crippen molar-refractivity contribution in [2.75, 3.05) is 13.2 Å². The maximum Gasteiger partial charge on any atom is 0.220 e. The van der Waals surface area contributed by atoms with E-state index in [1.54, 1.807) is 0 Å². The first kappa shape index (κ1) is 14.4. The number of amides is 1. The molecule has 0 aliphatic carbocycles. The Morgan fingerprint density at radius 2 is 1.77 bits per heavy atom. The van der Waals surface area contributed by atoms with Gasteiger partial charge in [-0.15, -0.1) is 0 Å².